The van der Waals surface area contributed by atoms with E-state index in [1.807, 2.05) is 0 Å². The van der Waals surface area contributed by atoms with Gasteiger partial charge in [-0.1, -0.05) is 84.0 Å². The van der Waals surface area contributed by atoms with Gasteiger partial charge in [-0.05, 0) is 43.9 Å². The normalized spacial score (nSPS) is 11.6. The molecule has 0 aromatic carbocycles. The summed E-state index contributed by atoms with van der Waals surface area (Å²) in [7, 11) is 0. The second kappa shape index (κ2) is 16.9. The van der Waals surface area contributed by atoms with Gasteiger partial charge >= 0.3 is 0 Å². The second-order valence-electron chi connectivity index (χ2n) is 9.18. The Bertz CT molecular complexity index is 714. The van der Waals surface area contributed by atoms with Gasteiger partial charge < -0.3 is 5.43 Å². The molecule has 0 saturated carbocycles. The molecule has 0 spiro atoms. The van der Waals surface area contributed by atoms with Gasteiger partial charge in [0.15, 0.2) is 0 Å². The molecule has 0 aliphatic rings. The minimum Gasteiger partial charge on any atom is -0.326 e. The number of fused-ring (bicyclic) bond motifs is 1. The van der Waals surface area contributed by atoms with E-state index in [4.69, 9.17) is 4.98 Å². The van der Waals surface area contributed by atoms with Gasteiger partial charge in [-0.15, -0.1) is 0 Å². The van der Waals surface area contributed by atoms with E-state index in [9.17, 15) is 8.78 Å². The number of alkyl halides is 2. The molecule has 2 rings (SSSR count). The average molecular weight is 450 g/mol. The van der Waals surface area contributed by atoms with E-state index in [1.54, 1.807) is 0 Å². The Morgan fingerprint density at radius 3 is 2.09 bits per heavy atom. The second-order valence-corrected chi connectivity index (χ2v) is 9.18. The topological polar surface area (TPSA) is 29.9 Å². The summed E-state index contributed by atoms with van der Waals surface area (Å²) in [4.78, 5) is 4.83. The van der Waals surface area contributed by atoms with Crippen LogP contribution in [0, 0.1) is 0 Å². The lowest BCUT2D eigenvalue weighted by atomic mass is 10.1. The number of aryl methyl sites for hydroxylation is 1. The van der Waals surface area contributed by atoms with Crippen molar-refractivity contribution in [1.29, 1.82) is 0 Å². The molecule has 182 valence electrons. The molecule has 3 nitrogen and oxygen atoms in total. The summed E-state index contributed by atoms with van der Waals surface area (Å²) in [5.41, 5.74) is 6.89. The van der Waals surface area contributed by atoms with Crippen LogP contribution in [-0.2, 0) is 6.42 Å². The van der Waals surface area contributed by atoms with E-state index in [0.717, 1.165) is 55.4 Å². The van der Waals surface area contributed by atoms with Gasteiger partial charge in [-0.2, -0.15) is 0 Å². The highest BCUT2D eigenvalue weighted by atomic mass is 19.3. The van der Waals surface area contributed by atoms with E-state index in [-0.39, 0.29) is 6.42 Å². The third kappa shape index (κ3) is 11.3. The van der Waals surface area contributed by atoms with Crippen LogP contribution in [0.4, 0.5) is 8.78 Å². The molecule has 32 heavy (non-hydrogen) atoms. The first-order valence-electron chi connectivity index (χ1n) is 13.2. The van der Waals surface area contributed by atoms with Gasteiger partial charge in [0.2, 0.25) is 6.43 Å². The summed E-state index contributed by atoms with van der Waals surface area (Å²) in [6.45, 7) is 3.27. The van der Waals surface area contributed by atoms with Crippen molar-refractivity contribution in [2.75, 3.05) is 12.0 Å². The molecule has 0 bridgehead atoms. The van der Waals surface area contributed by atoms with Crippen LogP contribution >= 0.6 is 0 Å². The molecular weight excluding hydrogens is 404 g/mol. The summed E-state index contributed by atoms with van der Waals surface area (Å²) < 4.78 is 26.3. The lowest BCUT2D eigenvalue weighted by molar-refractivity contribution is 0.133. The van der Waals surface area contributed by atoms with E-state index in [1.165, 1.54) is 64.2 Å². The average Bonchev–Trinajstić information content (AvgIpc) is 3.19. The molecule has 0 aliphatic carbocycles. The van der Waals surface area contributed by atoms with Crippen LogP contribution < -0.4 is 5.43 Å². The Kier molecular flexibility index (Phi) is 14.1. The number of hydrogen-bond donors (Lipinski definition) is 1. The number of nitrogens with one attached hydrogen (secondary N) is 1. The van der Waals surface area contributed by atoms with Crippen LogP contribution in [0.25, 0.3) is 11.0 Å². The first-order chi connectivity index (χ1) is 15.7. The fourth-order valence-corrected chi connectivity index (χ4v) is 4.29. The number of unbranched alkanes of at least 4 members (excludes halogenated alkanes) is 13. The minimum atomic E-state index is -2.14. The van der Waals surface area contributed by atoms with Crippen molar-refractivity contribution >= 4 is 11.0 Å². The smallest absolute Gasteiger partial charge is 0.238 e. The molecule has 0 amide bonds. The van der Waals surface area contributed by atoms with Crippen molar-refractivity contribution in [3.05, 3.63) is 30.1 Å². The van der Waals surface area contributed by atoms with Crippen LogP contribution in [0.2, 0.25) is 0 Å². The Balaban J connectivity index is 1.56. The molecule has 2 heterocycles. The van der Waals surface area contributed by atoms with Gasteiger partial charge in [0, 0.05) is 24.9 Å². The van der Waals surface area contributed by atoms with Crippen LogP contribution in [0.5, 0.6) is 0 Å². The van der Waals surface area contributed by atoms with Crippen molar-refractivity contribution in [3.63, 3.8) is 0 Å². The van der Waals surface area contributed by atoms with Crippen LogP contribution in [0.3, 0.4) is 0 Å². The zero-order valence-electron chi connectivity index (χ0n) is 20.3. The maximum atomic E-state index is 12.1. The quantitative estimate of drug-likeness (QED) is 0.205. The zero-order chi connectivity index (χ0) is 22.9. The van der Waals surface area contributed by atoms with Crippen LogP contribution in [-0.4, -0.2) is 22.6 Å². The third-order valence-electron chi connectivity index (χ3n) is 6.27. The van der Waals surface area contributed by atoms with Gasteiger partial charge in [-0.25, -0.2) is 8.78 Å². The molecule has 0 aliphatic heterocycles. The highest BCUT2D eigenvalue weighted by molar-refractivity contribution is 5.76. The van der Waals surface area contributed by atoms with E-state index in [0.29, 0.717) is 6.42 Å². The summed E-state index contributed by atoms with van der Waals surface area (Å²) in [5.74, 6) is 0. The first kappa shape index (κ1) is 26.6. The van der Waals surface area contributed by atoms with Crippen molar-refractivity contribution in [2.24, 2.45) is 0 Å². The number of halogens is 2. The van der Waals surface area contributed by atoms with Gasteiger partial charge in [0.25, 0.3) is 0 Å². The monoisotopic (exact) mass is 449 g/mol. The molecular formula is C27H45F2N3. The van der Waals surface area contributed by atoms with Gasteiger partial charge in [0.05, 0.1) is 11.0 Å². The number of nitrogens with zero attached hydrogens (tertiary/aromatic N) is 2. The molecule has 0 fully saturated rings. The van der Waals surface area contributed by atoms with Crippen molar-refractivity contribution in [2.45, 2.75) is 123 Å². The Morgan fingerprint density at radius 2 is 1.41 bits per heavy atom. The largest absolute Gasteiger partial charge is 0.326 e. The zero-order valence-corrected chi connectivity index (χ0v) is 20.3. The van der Waals surface area contributed by atoms with E-state index >= 15 is 0 Å². The molecule has 0 unspecified atom stereocenters. The molecule has 2 aromatic rings. The lowest BCUT2D eigenvalue weighted by Crippen LogP contribution is -2.14. The molecule has 5 heteroatoms. The van der Waals surface area contributed by atoms with E-state index < -0.39 is 6.43 Å². The molecule has 0 atom stereocenters. The predicted molar refractivity (Wildman–Crippen MR) is 133 cm³/mol. The Labute approximate surface area is 194 Å². The SMILES string of the molecule is CCCCCCCCCCNn1ccc2nc(CCCCCCCCCC(F)F)ccc21. The van der Waals surface area contributed by atoms with Gasteiger partial charge in [0.1, 0.15) is 0 Å². The number of aromatic nitrogens is 2. The molecule has 0 saturated heterocycles. The maximum Gasteiger partial charge on any atom is 0.238 e. The number of pyridine rings is 1. The van der Waals surface area contributed by atoms with Crippen molar-refractivity contribution in [3.8, 4) is 0 Å². The summed E-state index contributed by atoms with van der Waals surface area (Å²) in [5, 5.41) is 0. The maximum absolute atomic E-state index is 12.1. The predicted octanol–water partition coefficient (Wildman–Crippen LogP) is 8.65. The summed E-state index contributed by atoms with van der Waals surface area (Å²) >= 11 is 0. The van der Waals surface area contributed by atoms with E-state index in [2.05, 4.69) is 41.4 Å². The fraction of sp³-hybridized carbons (Fsp3) is 0.741. The standard InChI is InChI=1S/C27H45F2N3/c1-2-3-4-5-6-10-13-16-22-30-32-23-21-25-26(32)20-19-24(31-25)17-14-11-8-7-9-12-15-18-27(28)29/h19-21,23,27,30H,2-18,22H2,1H3. The van der Waals surface area contributed by atoms with Crippen molar-refractivity contribution in [1.82, 2.24) is 9.66 Å². The Morgan fingerprint density at radius 1 is 0.781 bits per heavy atom. The van der Waals surface area contributed by atoms with Crippen LogP contribution in [0.1, 0.15) is 115 Å². The molecule has 0 radical (unpaired) electrons. The summed E-state index contributed by atoms with van der Waals surface area (Å²) in [6.07, 6.45) is 19.1. The van der Waals surface area contributed by atoms with Crippen molar-refractivity contribution < 1.29 is 8.78 Å². The van der Waals surface area contributed by atoms with Gasteiger partial charge in [-0.3, -0.25) is 9.66 Å². The highest BCUT2D eigenvalue weighted by Gasteiger charge is 2.04. The minimum absolute atomic E-state index is 0.0601. The lowest BCUT2D eigenvalue weighted by Gasteiger charge is -2.09. The Hall–Kier alpha value is -1.65. The van der Waals surface area contributed by atoms with Crippen LogP contribution in [0.15, 0.2) is 24.4 Å². The molecule has 1 N–H and O–H groups in total. The number of hydrogen-bond acceptors (Lipinski definition) is 2. The summed E-state index contributed by atoms with van der Waals surface area (Å²) in [6, 6.07) is 6.43. The number of rotatable bonds is 20. The fourth-order valence-electron chi connectivity index (χ4n) is 4.29. The molecule has 2 aromatic heterocycles. The third-order valence-corrected chi connectivity index (χ3v) is 6.27. The highest BCUT2D eigenvalue weighted by Crippen LogP contribution is 2.16. The first-order valence-corrected chi connectivity index (χ1v) is 13.2.